The van der Waals surface area contributed by atoms with E-state index in [9.17, 15) is 4.39 Å². The smallest absolute Gasteiger partial charge is 0.156 e. The maximum atomic E-state index is 13.5. The van der Waals surface area contributed by atoms with E-state index >= 15 is 0 Å². The van der Waals surface area contributed by atoms with E-state index in [4.69, 9.17) is 14.8 Å². The van der Waals surface area contributed by atoms with E-state index in [-0.39, 0.29) is 5.82 Å². The van der Waals surface area contributed by atoms with Gasteiger partial charge in [0.05, 0.1) is 24.2 Å². The fourth-order valence-electron chi connectivity index (χ4n) is 3.26. The van der Waals surface area contributed by atoms with Crippen LogP contribution >= 0.6 is 11.3 Å². The minimum Gasteiger partial charge on any atom is -0.497 e. The van der Waals surface area contributed by atoms with Crippen molar-refractivity contribution in [3.8, 4) is 39.5 Å². The van der Waals surface area contributed by atoms with Crippen molar-refractivity contribution in [3.05, 3.63) is 83.3 Å². The third kappa shape index (κ3) is 3.28. The zero-order valence-corrected chi connectivity index (χ0v) is 16.4. The van der Waals surface area contributed by atoms with Crippen molar-refractivity contribution in [2.75, 3.05) is 7.11 Å². The van der Waals surface area contributed by atoms with Gasteiger partial charge in [-0.3, -0.25) is 0 Å². The number of nitrogens with zero attached hydrogens (tertiary/aromatic N) is 3. The largest absolute Gasteiger partial charge is 0.497 e. The molecule has 5 rings (SSSR count). The lowest BCUT2D eigenvalue weighted by Crippen LogP contribution is -1.98. The molecule has 3 aromatic heterocycles. The summed E-state index contributed by atoms with van der Waals surface area (Å²) in [7, 11) is 1.64. The second-order valence-corrected chi connectivity index (χ2v) is 7.35. The van der Waals surface area contributed by atoms with Gasteiger partial charge in [-0.2, -0.15) is 16.4 Å². The fraction of sp³-hybridized carbons (Fsp3) is 0.0435. The predicted octanol–water partition coefficient (Wildman–Crippen LogP) is 5.94. The zero-order valence-electron chi connectivity index (χ0n) is 15.5. The molecule has 0 aliphatic carbocycles. The lowest BCUT2D eigenvalue weighted by Gasteiger charge is -2.08. The quantitative estimate of drug-likeness (QED) is 0.374. The number of fused-ring (bicyclic) bond motifs is 1. The number of benzene rings is 2. The molecule has 5 aromatic rings. The second kappa shape index (κ2) is 7.14. The molecule has 3 heterocycles. The topological polar surface area (TPSA) is 39.4 Å². The third-order valence-corrected chi connectivity index (χ3v) is 5.45. The Morgan fingerprint density at radius 2 is 1.62 bits per heavy atom. The molecule has 0 unspecified atom stereocenters. The van der Waals surface area contributed by atoms with Gasteiger partial charge in [-0.05, 0) is 66.0 Å². The lowest BCUT2D eigenvalue weighted by molar-refractivity contribution is 0.415. The van der Waals surface area contributed by atoms with Crippen LogP contribution in [0, 0.1) is 5.82 Å². The number of thiophene rings is 1. The summed E-state index contributed by atoms with van der Waals surface area (Å²) in [6.45, 7) is 0. The molecule has 0 amide bonds. The number of hydrogen-bond donors (Lipinski definition) is 0. The summed E-state index contributed by atoms with van der Waals surface area (Å²) in [4.78, 5) is 4.81. The van der Waals surface area contributed by atoms with E-state index in [1.54, 1.807) is 30.6 Å². The lowest BCUT2D eigenvalue weighted by atomic mass is 10.1. The van der Waals surface area contributed by atoms with Crippen LogP contribution in [0.1, 0.15) is 0 Å². The van der Waals surface area contributed by atoms with Crippen molar-refractivity contribution < 1.29 is 9.13 Å². The van der Waals surface area contributed by atoms with Crippen LogP contribution < -0.4 is 4.74 Å². The molecule has 0 atom stereocenters. The minimum absolute atomic E-state index is 0.267. The summed E-state index contributed by atoms with van der Waals surface area (Å²) in [6, 6.07) is 20.2. The summed E-state index contributed by atoms with van der Waals surface area (Å²) < 4.78 is 20.5. The molecule has 0 saturated carbocycles. The van der Waals surface area contributed by atoms with Crippen LogP contribution in [0.5, 0.6) is 5.75 Å². The van der Waals surface area contributed by atoms with Gasteiger partial charge < -0.3 is 4.74 Å². The Hall–Kier alpha value is -3.51. The van der Waals surface area contributed by atoms with Crippen molar-refractivity contribution in [3.63, 3.8) is 0 Å². The number of ether oxygens (including phenoxy) is 1. The summed E-state index contributed by atoms with van der Waals surface area (Å²) in [6.07, 6.45) is 0. The molecule has 0 N–H and O–H groups in total. The molecule has 0 aliphatic heterocycles. The summed E-state index contributed by atoms with van der Waals surface area (Å²) in [5.41, 5.74) is 6.16. The number of halogens is 1. The summed E-state index contributed by atoms with van der Waals surface area (Å²) in [5.74, 6) is 0.527. The molecule has 0 spiro atoms. The predicted molar refractivity (Wildman–Crippen MR) is 114 cm³/mol. The average Bonchev–Trinajstić information content (AvgIpc) is 3.44. The number of rotatable bonds is 4. The highest BCUT2D eigenvalue weighted by Gasteiger charge is 2.14. The van der Waals surface area contributed by atoms with Crippen LogP contribution in [0.4, 0.5) is 4.39 Å². The molecular weight excluding hydrogens is 385 g/mol. The first kappa shape index (κ1) is 17.6. The van der Waals surface area contributed by atoms with Crippen LogP contribution in [0.2, 0.25) is 0 Å². The highest BCUT2D eigenvalue weighted by Crippen LogP contribution is 2.30. The first-order valence-corrected chi connectivity index (χ1v) is 9.99. The SMILES string of the molecule is COc1ccc(-c2cc3nc(-c4ccsc4)cc(-c4ccc(F)cc4)n3n2)cc1. The molecule has 29 heavy (non-hydrogen) atoms. The third-order valence-electron chi connectivity index (χ3n) is 4.77. The summed E-state index contributed by atoms with van der Waals surface area (Å²) >= 11 is 1.63. The van der Waals surface area contributed by atoms with Gasteiger partial charge in [0.15, 0.2) is 5.65 Å². The van der Waals surface area contributed by atoms with Gasteiger partial charge in [0, 0.05) is 28.1 Å². The Balaban J connectivity index is 1.71. The summed E-state index contributed by atoms with van der Waals surface area (Å²) in [5, 5.41) is 8.87. The Bertz CT molecular complexity index is 1280. The first-order chi connectivity index (χ1) is 14.2. The second-order valence-electron chi connectivity index (χ2n) is 6.57. The number of methoxy groups -OCH3 is 1. The van der Waals surface area contributed by atoms with E-state index in [1.165, 1.54) is 12.1 Å². The molecule has 6 heteroatoms. The molecular formula is C23H16FN3OS. The van der Waals surface area contributed by atoms with Gasteiger partial charge >= 0.3 is 0 Å². The van der Waals surface area contributed by atoms with Crippen LogP contribution in [-0.4, -0.2) is 21.7 Å². The molecule has 0 saturated heterocycles. The van der Waals surface area contributed by atoms with E-state index in [1.807, 2.05) is 52.4 Å². The van der Waals surface area contributed by atoms with Gasteiger partial charge in [0.2, 0.25) is 0 Å². The fourth-order valence-corrected chi connectivity index (χ4v) is 3.91. The van der Waals surface area contributed by atoms with Crippen molar-refractivity contribution in [2.45, 2.75) is 0 Å². The molecule has 0 bridgehead atoms. The van der Waals surface area contributed by atoms with Crippen molar-refractivity contribution in [2.24, 2.45) is 0 Å². The zero-order chi connectivity index (χ0) is 19.8. The highest BCUT2D eigenvalue weighted by atomic mass is 32.1. The van der Waals surface area contributed by atoms with Gasteiger partial charge in [-0.25, -0.2) is 13.9 Å². The molecule has 0 aliphatic rings. The first-order valence-electron chi connectivity index (χ1n) is 9.05. The van der Waals surface area contributed by atoms with E-state index in [0.717, 1.165) is 45.2 Å². The number of aromatic nitrogens is 3. The molecule has 2 aromatic carbocycles. The van der Waals surface area contributed by atoms with Crippen LogP contribution in [0.25, 0.3) is 39.4 Å². The van der Waals surface area contributed by atoms with Gasteiger partial charge in [0.1, 0.15) is 11.6 Å². The Kier molecular flexibility index (Phi) is 4.33. The standard InChI is InChI=1S/C23H16FN3OS/c1-28-19-8-4-15(5-9-19)21-13-23-25-20(17-10-11-29-14-17)12-22(27(23)26-21)16-2-6-18(24)7-3-16/h2-14H,1H3. The van der Waals surface area contributed by atoms with E-state index in [0.29, 0.717) is 0 Å². The van der Waals surface area contributed by atoms with Crippen LogP contribution in [0.15, 0.2) is 77.5 Å². The minimum atomic E-state index is -0.267. The Morgan fingerprint density at radius 1 is 0.862 bits per heavy atom. The van der Waals surface area contributed by atoms with Crippen LogP contribution in [0.3, 0.4) is 0 Å². The van der Waals surface area contributed by atoms with Gasteiger partial charge in [0.25, 0.3) is 0 Å². The monoisotopic (exact) mass is 401 g/mol. The van der Waals surface area contributed by atoms with Gasteiger partial charge in [-0.1, -0.05) is 0 Å². The van der Waals surface area contributed by atoms with Crippen molar-refractivity contribution in [1.82, 2.24) is 14.6 Å². The molecule has 4 nitrogen and oxygen atoms in total. The highest BCUT2D eigenvalue weighted by molar-refractivity contribution is 7.08. The van der Waals surface area contributed by atoms with Crippen molar-refractivity contribution >= 4 is 17.0 Å². The molecule has 142 valence electrons. The average molecular weight is 401 g/mol. The normalized spacial score (nSPS) is 11.1. The van der Waals surface area contributed by atoms with E-state index in [2.05, 4.69) is 5.38 Å². The molecule has 0 fully saturated rings. The number of hydrogen-bond acceptors (Lipinski definition) is 4. The Morgan fingerprint density at radius 3 is 2.31 bits per heavy atom. The van der Waals surface area contributed by atoms with Gasteiger partial charge in [-0.15, -0.1) is 0 Å². The van der Waals surface area contributed by atoms with E-state index < -0.39 is 0 Å². The van der Waals surface area contributed by atoms with Crippen LogP contribution in [-0.2, 0) is 0 Å². The van der Waals surface area contributed by atoms with Crippen molar-refractivity contribution in [1.29, 1.82) is 0 Å². The molecule has 0 radical (unpaired) electrons. The maximum Gasteiger partial charge on any atom is 0.156 e. The Labute approximate surface area is 170 Å². The maximum absolute atomic E-state index is 13.5.